The molecule has 0 saturated heterocycles. The van der Waals surface area contributed by atoms with Crippen LogP contribution in [0.5, 0.6) is 0 Å². The van der Waals surface area contributed by atoms with Crippen LogP contribution in [0.15, 0.2) is 51.2 Å². The van der Waals surface area contributed by atoms with Crippen LogP contribution in [0.4, 0.5) is 11.4 Å². The van der Waals surface area contributed by atoms with E-state index in [1.807, 2.05) is 6.07 Å². The molecule has 1 fully saturated rings. The molecule has 0 amide bonds. The number of hydrogen-bond acceptors (Lipinski definition) is 4. The van der Waals surface area contributed by atoms with Crippen LogP contribution < -0.4 is 16.6 Å². The van der Waals surface area contributed by atoms with Gasteiger partial charge >= 0.3 is 0 Å². The van der Waals surface area contributed by atoms with E-state index in [2.05, 4.69) is 15.3 Å². The van der Waals surface area contributed by atoms with Crippen molar-refractivity contribution in [3.8, 4) is 0 Å². The highest BCUT2D eigenvalue weighted by molar-refractivity contribution is 7.82. The normalized spacial score (nSPS) is 16.6. The summed E-state index contributed by atoms with van der Waals surface area (Å²) in [6.07, 6.45) is 6.18. The van der Waals surface area contributed by atoms with Gasteiger partial charge in [0.1, 0.15) is 22.4 Å². The summed E-state index contributed by atoms with van der Waals surface area (Å²) < 4.78 is 13.7. The number of nitrogens with zero attached hydrogens (tertiary/aromatic N) is 2. The second-order valence-corrected chi connectivity index (χ2v) is 8.47. The molecule has 144 valence electrons. The Labute approximate surface area is 161 Å². The first-order valence-corrected chi connectivity index (χ1v) is 10.1. The minimum atomic E-state index is -1.21. The summed E-state index contributed by atoms with van der Waals surface area (Å²) in [6.45, 7) is 0. The summed E-state index contributed by atoms with van der Waals surface area (Å²) in [5, 5.41) is 3.43. The lowest BCUT2D eigenvalue weighted by Gasteiger charge is -2.16. The number of benzene rings is 1. The first kappa shape index (κ1) is 19.3. The molecule has 0 radical (unpaired) electrons. The largest absolute Gasteiger partial charge is 0.383 e. The molecule has 2 aromatic rings. The first-order valence-electron chi connectivity index (χ1n) is 8.98. The predicted molar refractivity (Wildman–Crippen MR) is 110 cm³/mol. The molecule has 8 heteroatoms. The fourth-order valence-corrected chi connectivity index (χ4v) is 3.98. The molecule has 1 heterocycles. The molecule has 0 aliphatic heterocycles. The lowest BCUT2D eigenvalue weighted by molar-refractivity contribution is 0.603. The van der Waals surface area contributed by atoms with Crippen molar-refractivity contribution in [3.05, 3.63) is 52.4 Å². The number of nitrogens with two attached hydrogens (primary N) is 1. The first-order chi connectivity index (χ1) is 13.0. The van der Waals surface area contributed by atoms with Crippen LogP contribution >= 0.6 is 0 Å². The van der Waals surface area contributed by atoms with Crippen LogP contribution in [0.1, 0.15) is 31.2 Å². The average molecular weight is 388 g/mol. The molecule has 1 atom stereocenters. The second-order valence-electron chi connectivity index (χ2n) is 6.77. The average Bonchev–Trinajstić information content (AvgIpc) is 3.14. The lowest BCUT2D eigenvalue weighted by atomic mass is 10.1. The van der Waals surface area contributed by atoms with Crippen molar-refractivity contribution in [2.24, 2.45) is 10.7 Å². The third kappa shape index (κ3) is 4.64. The summed E-state index contributed by atoms with van der Waals surface area (Å²) in [7, 11) is 2.29. The fourth-order valence-electron chi connectivity index (χ4n) is 3.19. The monoisotopic (exact) mass is 387 g/mol. The van der Waals surface area contributed by atoms with E-state index in [-0.39, 0.29) is 11.4 Å². The number of amidine groups is 1. The van der Waals surface area contributed by atoms with Gasteiger partial charge in [0.25, 0.3) is 5.56 Å². The van der Waals surface area contributed by atoms with Gasteiger partial charge in [0.2, 0.25) is 0 Å². The van der Waals surface area contributed by atoms with Crippen molar-refractivity contribution in [1.82, 2.24) is 9.29 Å². The Hall–Kier alpha value is -2.45. The van der Waals surface area contributed by atoms with Gasteiger partial charge in [-0.3, -0.25) is 4.79 Å². The predicted octanol–water partition coefficient (Wildman–Crippen LogP) is 2.35. The molecule has 1 aromatic heterocycles. The van der Waals surface area contributed by atoms with Crippen LogP contribution in [0, 0.1) is 0 Å². The molecule has 1 unspecified atom stereocenters. The van der Waals surface area contributed by atoms with Crippen molar-refractivity contribution in [2.45, 2.75) is 36.6 Å². The van der Waals surface area contributed by atoms with Crippen molar-refractivity contribution in [3.63, 3.8) is 0 Å². The Kier molecular flexibility index (Phi) is 6.08. The SMILES string of the molecule is CN(C)S(=O)c1ccc(N=C(N)c2c(NC3CCCC3)cc[nH]c2=O)cc1. The maximum Gasteiger partial charge on any atom is 0.261 e. The maximum absolute atomic E-state index is 12.4. The molecule has 1 aromatic carbocycles. The van der Waals surface area contributed by atoms with E-state index in [0.717, 1.165) is 12.8 Å². The van der Waals surface area contributed by atoms with Gasteiger partial charge in [0.05, 0.1) is 16.3 Å². The number of hydrogen-bond donors (Lipinski definition) is 3. The fraction of sp³-hybridized carbons (Fsp3) is 0.368. The molecule has 0 spiro atoms. The summed E-state index contributed by atoms with van der Waals surface area (Å²) in [4.78, 5) is 20.1. The Balaban J connectivity index is 1.87. The minimum absolute atomic E-state index is 0.152. The van der Waals surface area contributed by atoms with E-state index in [9.17, 15) is 9.00 Å². The van der Waals surface area contributed by atoms with Gasteiger partial charge in [-0.1, -0.05) is 12.8 Å². The smallest absolute Gasteiger partial charge is 0.261 e. The molecule has 4 N–H and O–H groups in total. The second kappa shape index (κ2) is 8.49. The minimum Gasteiger partial charge on any atom is -0.383 e. The number of aliphatic imine (C=N–C) groups is 1. The van der Waals surface area contributed by atoms with Gasteiger partial charge in [-0.25, -0.2) is 13.5 Å². The Morgan fingerprint density at radius 2 is 1.89 bits per heavy atom. The van der Waals surface area contributed by atoms with Crippen molar-refractivity contribution in [1.29, 1.82) is 0 Å². The Morgan fingerprint density at radius 3 is 2.52 bits per heavy atom. The molecule has 27 heavy (non-hydrogen) atoms. The zero-order valence-electron chi connectivity index (χ0n) is 15.6. The van der Waals surface area contributed by atoms with Gasteiger partial charge in [0.15, 0.2) is 0 Å². The van der Waals surface area contributed by atoms with E-state index in [1.165, 1.54) is 12.8 Å². The number of aromatic amines is 1. The van der Waals surface area contributed by atoms with E-state index < -0.39 is 11.0 Å². The number of aromatic nitrogens is 1. The molecule has 3 rings (SSSR count). The van der Waals surface area contributed by atoms with Crippen LogP contribution in [0.25, 0.3) is 0 Å². The summed E-state index contributed by atoms with van der Waals surface area (Å²) >= 11 is 0. The van der Waals surface area contributed by atoms with Crippen LogP contribution in [-0.4, -0.2) is 39.5 Å². The summed E-state index contributed by atoms with van der Waals surface area (Å²) in [6, 6.07) is 9.15. The van der Waals surface area contributed by atoms with Crippen LogP contribution in [0.3, 0.4) is 0 Å². The molecule has 1 aliphatic rings. The number of anilines is 1. The molecular formula is C19H25N5O2S. The quantitative estimate of drug-likeness (QED) is 0.523. The third-order valence-electron chi connectivity index (χ3n) is 4.55. The highest BCUT2D eigenvalue weighted by Gasteiger charge is 2.18. The Bertz CT molecular complexity index is 899. The van der Waals surface area contributed by atoms with Crippen molar-refractivity contribution < 1.29 is 4.21 Å². The van der Waals surface area contributed by atoms with Crippen LogP contribution in [0.2, 0.25) is 0 Å². The molecule has 0 bridgehead atoms. The standard InChI is InChI=1S/C19H25N5O2S/c1-24(2)27(26)15-9-7-14(8-10-15)23-18(20)17-16(11-12-21-19(17)25)22-13-5-3-4-6-13/h7-13H,3-6H2,1-2H3,(H2,20,23)(H2,21,22,25). The lowest BCUT2D eigenvalue weighted by Crippen LogP contribution is -2.28. The zero-order valence-corrected chi connectivity index (χ0v) is 16.4. The Morgan fingerprint density at radius 1 is 1.22 bits per heavy atom. The highest BCUT2D eigenvalue weighted by atomic mass is 32.2. The number of pyridine rings is 1. The summed E-state index contributed by atoms with van der Waals surface area (Å²) in [5.41, 5.74) is 7.55. The molecule has 7 nitrogen and oxygen atoms in total. The van der Waals surface area contributed by atoms with E-state index in [1.54, 1.807) is 48.9 Å². The van der Waals surface area contributed by atoms with Gasteiger partial charge in [-0.05, 0) is 57.3 Å². The van der Waals surface area contributed by atoms with Crippen LogP contribution in [-0.2, 0) is 11.0 Å². The van der Waals surface area contributed by atoms with Crippen molar-refractivity contribution >= 4 is 28.2 Å². The van der Waals surface area contributed by atoms with Gasteiger partial charge < -0.3 is 16.0 Å². The van der Waals surface area contributed by atoms with E-state index in [0.29, 0.717) is 27.9 Å². The zero-order chi connectivity index (χ0) is 19.4. The maximum atomic E-state index is 12.4. The van der Waals surface area contributed by atoms with E-state index >= 15 is 0 Å². The molecule has 1 saturated carbocycles. The number of H-pyrrole nitrogens is 1. The third-order valence-corrected chi connectivity index (χ3v) is 5.89. The van der Waals surface area contributed by atoms with E-state index in [4.69, 9.17) is 5.73 Å². The number of rotatable bonds is 6. The van der Waals surface area contributed by atoms with Crippen molar-refractivity contribution in [2.75, 3.05) is 19.4 Å². The van der Waals surface area contributed by atoms with Gasteiger partial charge in [-0.15, -0.1) is 0 Å². The van der Waals surface area contributed by atoms with Gasteiger partial charge in [0, 0.05) is 12.2 Å². The topological polar surface area (TPSA) is 104 Å². The molecular weight excluding hydrogens is 362 g/mol. The molecule has 1 aliphatic carbocycles. The number of nitrogens with one attached hydrogen (secondary N) is 2. The summed E-state index contributed by atoms with van der Waals surface area (Å²) in [5.74, 6) is 0.152. The highest BCUT2D eigenvalue weighted by Crippen LogP contribution is 2.24. The van der Waals surface area contributed by atoms with Gasteiger partial charge in [-0.2, -0.15) is 0 Å².